The molecule has 0 unspecified atom stereocenters. The molecule has 0 bridgehead atoms. The molecule has 0 radical (unpaired) electrons. The summed E-state index contributed by atoms with van der Waals surface area (Å²) in [6.07, 6.45) is -0.339. The first-order chi connectivity index (χ1) is 9.41. The van der Waals surface area contributed by atoms with Crippen LogP contribution in [-0.4, -0.2) is 9.55 Å². The molecule has 6 heteroatoms. The van der Waals surface area contributed by atoms with E-state index in [-0.39, 0.29) is 6.04 Å². The lowest BCUT2D eigenvalue weighted by Crippen LogP contribution is -2.15. The second kappa shape index (κ2) is 5.66. The molecule has 0 spiro atoms. The van der Waals surface area contributed by atoms with Gasteiger partial charge in [-0.15, -0.1) is 0 Å². The lowest BCUT2D eigenvalue weighted by molar-refractivity contribution is -0.137. The lowest BCUT2D eigenvalue weighted by atomic mass is 10.1. The van der Waals surface area contributed by atoms with E-state index in [1.54, 1.807) is 23.2 Å². The molecule has 1 atom stereocenters. The minimum absolute atomic E-state index is 0.164. The van der Waals surface area contributed by atoms with Gasteiger partial charge in [0.15, 0.2) is 0 Å². The van der Waals surface area contributed by atoms with E-state index in [1.807, 2.05) is 6.92 Å². The smallest absolute Gasteiger partial charge is 0.329 e. The molecule has 0 aliphatic rings. The van der Waals surface area contributed by atoms with Crippen molar-refractivity contribution in [2.45, 2.75) is 32.1 Å². The Hall–Kier alpha value is -1.82. The van der Waals surface area contributed by atoms with Crippen molar-refractivity contribution in [1.82, 2.24) is 9.55 Å². The Morgan fingerprint density at radius 2 is 2.10 bits per heavy atom. The Morgan fingerprint density at radius 1 is 1.35 bits per heavy atom. The predicted octanol–water partition coefficient (Wildman–Crippen LogP) is 3.36. The highest BCUT2D eigenvalue weighted by molar-refractivity contribution is 5.26. The highest BCUT2D eigenvalue weighted by Gasteiger charge is 2.30. The Labute approximate surface area is 115 Å². The van der Waals surface area contributed by atoms with Crippen molar-refractivity contribution in [1.29, 1.82) is 0 Å². The summed E-state index contributed by atoms with van der Waals surface area (Å²) in [4.78, 5) is 4.02. The lowest BCUT2D eigenvalue weighted by Gasteiger charge is -2.14. The monoisotopic (exact) mass is 283 g/mol. The van der Waals surface area contributed by atoms with E-state index in [0.717, 1.165) is 24.2 Å². The second-order valence-electron chi connectivity index (χ2n) is 4.66. The number of hydrogen-bond donors (Lipinski definition) is 1. The maximum Gasteiger partial charge on any atom is 0.416 e. The second-order valence-corrected chi connectivity index (χ2v) is 4.66. The van der Waals surface area contributed by atoms with Gasteiger partial charge in [-0.2, -0.15) is 13.2 Å². The maximum atomic E-state index is 12.7. The molecule has 0 amide bonds. The average Bonchev–Trinajstić information content (AvgIpc) is 2.85. The fraction of sp³-hybridized carbons (Fsp3) is 0.357. The van der Waals surface area contributed by atoms with Gasteiger partial charge in [-0.3, -0.25) is 0 Å². The van der Waals surface area contributed by atoms with Gasteiger partial charge < -0.3 is 10.3 Å². The van der Waals surface area contributed by atoms with E-state index in [0.29, 0.717) is 12.1 Å². The van der Waals surface area contributed by atoms with Crippen molar-refractivity contribution in [3.63, 3.8) is 0 Å². The Morgan fingerprint density at radius 3 is 2.75 bits per heavy atom. The van der Waals surface area contributed by atoms with Crippen LogP contribution in [0.5, 0.6) is 0 Å². The number of aromatic nitrogens is 2. The van der Waals surface area contributed by atoms with Crippen LogP contribution < -0.4 is 5.73 Å². The predicted molar refractivity (Wildman–Crippen MR) is 70.0 cm³/mol. The normalized spacial score (nSPS) is 13.4. The third kappa shape index (κ3) is 3.19. The standard InChI is InChI=1S/C14H16F3N3/c1-2-12(18)13-7-19-9-20(13)8-10-4-3-5-11(6-10)14(15,16)17/h3-7,9,12H,2,8,18H2,1H3/t12-/m1/s1. The average molecular weight is 283 g/mol. The Bertz CT molecular complexity index is 575. The Kier molecular flexibility index (Phi) is 4.13. The first-order valence-corrected chi connectivity index (χ1v) is 6.33. The summed E-state index contributed by atoms with van der Waals surface area (Å²) in [5, 5.41) is 0. The highest BCUT2D eigenvalue weighted by Crippen LogP contribution is 2.29. The van der Waals surface area contributed by atoms with Crippen molar-refractivity contribution in [3.05, 3.63) is 53.6 Å². The molecule has 1 aromatic carbocycles. The van der Waals surface area contributed by atoms with Gasteiger partial charge in [-0.25, -0.2) is 4.98 Å². The van der Waals surface area contributed by atoms with Crippen molar-refractivity contribution in [2.75, 3.05) is 0 Å². The van der Waals surface area contributed by atoms with Crippen molar-refractivity contribution in [3.8, 4) is 0 Å². The van der Waals surface area contributed by atoms with Crippen LogP contribution in [-0.2, 0) is 12.7 Å². The Balaban J connectivity index is 2.25. The summed E-state index contributed by atoms with van der Waals surface area (Å²) in [5.41, 5.74) is 6.70. The van der Waals surface area contributed by atoms with E-state index in [9.17, 15) is 13.2 Å². The van der Waals surface area contributed by atoms with Gasteiger partial charge in [-0.05, 0) is 24.1 Å². The number of alkyl halides is 3. The SMILES string of the molecule is CC[C@@H](N)c1cncn1Cc1cccc(C(F)(F)F)c1. The van der Waals surface area contributed by atoms with Crippen molar-refractivity contribution >= 4 is 0 Å². The molecule has 0 saturated carbocycles. The largest absolute Gasteiger partial charge is 0.416 e. The number of nitrogens with two attached hydrogens (primary N) is 1. The minimum Gasteiger partial charge on any atom is -0.329 e. The zero-order valence-electron chi connectivity index (χ0n) is 11.1. The summed E-state index contributed by atoms with van der Waals surface area (Å²) in [6.45, 7) is 2.28. The number of nitrogens with zero attached hydrogens (tertiary/aromatic N) is 2. The van der Waals surface area contributed by atoms with E-state index < -0.39 is 11.7 Å². The molecular formula is C14H16F3N3. The highest BCUT2D eigenvalue weighted by atomic mass is 19.4. The van der Waals surface area contributed by atoms with Gasteiger partial charge in [-0.1, -0.05) is 19.1 Å². The fourth-order valence-electron chi connectivity index (χ4n) is 2.02. The molecule has 0 saturated heterocycles. The van der Waals surface area contributed by atoms with Crippen LogP contribution >= 0.6 is 0 Å². The minimum atomic E-state index is -4.33. The molecule has 0 aliphatic heterocycles. The topological polar surface area (TPSA) is 43.8 Å². The van der Waals surface area contributed by atoms with Crippen LogP contribution in [0.3, 0.4) is 0 Å². The zero-order chi connectivity index (χ0) is 14.8. The number of imidazole rings is 1. The summed E-state index contributed by atoms with van der Waals surface area (Å²) in [6, 6.07) is 5.13. The number of halogens is 3. The third-order valence-electron chi connectivity index (χ3n) is 3.17. The number of benzene rings is 1. The molecule has 2 aromatic rings. The first-order valence-electron chi connectivity index (χ1n) is 6.33. The van der Waals surface area contributed by atoms with Crippen LogP contribution in [0.1, 0.15) is 36.2 Å². The van der Waals surface area contributed by atoms with Gasteiger partial charge >= 0.3 is 6.18 Å². The van der Waals surface area contributed by atoms with Crippen LogP contribution in [0.4, 0.5) is 13.2 Å². The summed E-state index contributed by atoms with van der Waals surface area (Å²) >= 11 is 0. The molecule has 0 aliphatic carbocycles. The van der Waals surface area contributed by atoms with E-state index in [4.69, 9.17) is 5.73 Å². The quantitative estimate of drug-likeness (QED) is 0.935. The van der Waals surface area contributed by atoms with Gasteiger partial charge in [0.25, 0.3) is 0 Å². The van der Waals surface area contributed by atoms with Crippen molar-refractivity contribution < 1.29 is 13.2 Å². The van der Waals surface area contributed by atoms with Crippen LogP contribution in [0, 0.1) is 0 Å². The van der Waals surface area contributed by atoms with Crippen LogP contribution in [0.15, 0.2) is 36.8 Å². The van der Waals surface area contributed by atoms with Crippen molar-refractivity contribution in [2.24, 2.45) is 5.73 Å². The van der Waals surface area contributed by atoms with E-state index in [2.05, 4.69) is 4.98 Å². The van der Waals surface area contributed by atoms with E-state index >= 15 is 0 Å². The maximum absolute atomic E-state index is 12.7. The fourth-order valence-corrected chi connectivity index (χ4v) is 2.02. The molecule has 3 nitrogen and oxygen atoms in total. The van der Waals surface area contributed by atoms with Gasteiger partial charge in [0.05, 0.1) is 17.6 Å². The number of rotatable bonds is 4. The summed E-state index contributed by atoms with van der Waals surface area (Å²) < 4.78 is 39.8. The molecule has 108 valence electrons. The molecule has 0 fully saturated rings. The molecule has 20 heavy (non-hydrogen) atoms. The van der Waals surface area contributed by atoms with E-state index in [1.165, 1.54) is 6.07 Å². The molecule has 1 aromatic heterocycles. The van der Waals surface area contributed by atoms with Gasteiger partial charge in [0, 0.05) is 18.8 Å². The molecule has 2 N–H and O–H groups in total. The first kappa shape index (κ1) is 14.6. The summed E-state index contributed by atoms with van der Waals surface area (Å²) in [7, 11) is 0. The van der Waals surface area contributed by atoms with Gasteiger partial charge in [0.1, 0.15) is 0 Å². The van der Waals surface area contributed by atoms with Gasteiger partial charge in [0.2, 0.25) is 0 Å². The summed E-state index contributed by atoms with van der Waals surface area (Å²) in [5.74, 6) is 0. The third-order valence-corrected chi connectivity index (χ3v) is 3.17. The zero-order valence-corrected chi connectivity index (χ0v) is 11.1. The van der Waals surface area contributed by atoms with Crippen LogP contribution in [0.25, 0.3) is 0 Å². The number of hydrogen-bond acceptors (Lipinski definition) is 2. The molecule has 2 rings (SSSR count). The molecule has 1 heterocycles. The molecular weight excluding hydrogens is 267 g/mol. The van der Waals surface area contributed by atoms with Crippen LogP contribution in [0.2, 0.25) is 0 Å².